The van der Waals surface area contributed by atoms with E-state index in [-0.39, 0.29) is 29.1 Å². The van der Waals surface area contributed by atoms with Crippen LogP contribution in [0.25, 0.3) is 10.2 Å². The number of hydrogen-bond acceptors (Lipinski definition) is 5. The Morgan fingerprint density at radius 2 is 1.97 bits per heavy atom. The van der Waals surface area contributed by atoms with E-state index in [2.05, 4.69) is 9.73 Å². The lowest BCUT2D eigenvalue weighted by Gasteiger charge is -2.09. The number of thiazole rings is 1. The highest BCUT2D eigenvalue weighted by molar-refractivity contribution is 7.90. The summed E-state index contributed by atoms with van der Waals surface area (Å²) in [5, 5.41) is 0.354. The zero-order valence-corrected chi connectivity index (χ0v) is 18.4. The van der Waals surface area contributed by atoms with Crippen molar-refractivity contribution in [2.24, 2.45) is 4.99 Å². The minimum atomic E-state index is -4.84. The SMILES string of the molecule is CS(=O)(=O)CCCn1c(=NC(=O)c2cccc(Cl)c2)sc2cc(OC(F)(F)F)ccc21. The van der Waals surface area contributed by atoms with Gasteiger partial charge in [0.25, 0.3) is 5.91 Å². The second-order valence-electron chi connectivity index (χ2n) is 6.62. The molecule has 0 radical (unpaired) electrons. The number of carbonyl (C=O) groups excluding carboxylic acids is 1. The minimum absolute atomic E-state index is 0.0890. The molecule has 0 atom stereocenters. The van der Waals surface area contributed by atoms with Gasteiger partial charge in [0.15, 0.2) is 4.80 Å². The smallest absolute Gasteiger partial charge is 0.406 e. The second-order valence-corrected chi connectivity index (χ2v) is 10.3. The van der Waals surface area contributed by atoms with Crippen molar-refractivity contribution in [1.82, 2.24) is 4.57 Å². The Morgan fingerprint density at radius 1 is 1.23 bits per heavy atom. The predicted octanol–water partition coefficient (Wildman–Crippen LogP) is 4.43. The molecule has 0 aliphatic rings. The summed E-state index contributed by atoms with van der Waals surface area (Å²) in [6.45, 7) is 0.203. The van der Waals surface area contributed by atoms with Gasteiger partial charge in [-0.1, -0.05) is 29.0 Å². The molecule has 31 heavy (non-hydrogen) atoms. The molecule has 1 aromatic heterocycles. The van der Waals surface area contributed by atoms with Crippen molar-refractivity contribution in [1.29, 1.82) is 0 Å². The molecule has 3 aromatic rings. The Hall–Kier alpha value is -2.37. The van der Waals surface area contributed by atoms with E-state index >= 15 is 0 Å². The summed E-state index contributed by atoms with van der Waals surface area (Å²) in [6.07, 6.45) is -3.49. The molecule has 0 spiro atoms. The second kappa shape index (κ2) is 9.01. The highest BCUT2D eigenvalue weighted by Gasteiger charge is 2.31. The van der Waals surface area contributed by atoms with Crippen LogP contribution in [-0.2, 0) is 16.4 Å². The molecule has 0 fully saturated rings. The van der Waals surface area contributed by atoms with E-state index in [4.69, 9.17) is 11.6 Å². The molecule has 0 aliphatic carbocycles. The van der Waals surface area contributed by atoms with Crippen LogP contribution in [0.15, 0.2) is 47.5 Å². The third kappa shape index (κ3) is 6.55. The first kappa shape index (κ1) is 23.3. The number of aryl methyl sites for hydroxylation is 1. The van der Waals surface area contributed by atoms with E-state index in [1.807, 2.05) is 0 Å². The number of aromatic nitrogens is 1. The van der Waals surface area contributed by atoms with Crippen LogP contribution in [0, 0.1) is 0 Å². The fraction of sp³-hybridized carbons (Fsp3) is 0.263. The lowest BCUT2D eigenvalue weighted by Crippen LogP contribution is -2.19. The molecular formula is C19H16ClF3N2O4S2. The van der Waals surface area contributed by atoms with Gasteiger partial charge < -0.3 is 9.30 Å². The van der Waals surface area contributed by atoms with Crippen LogP contribution in [0.2, 0.25) is 5.02 Å². The van der Waals surface area contributed by atoms with Gasteiger partial charge in [-0.15, -0.1) is 13.2 Å². The Balaban J connectivity index is 2.06. The van der Waals surface area contributed by atoms with Gasteiger partial charge in [0.05, 0.1) is 16.0 Å². The first-order valence-corrected chi connectivity index (χ1v) is 12.1. The number of rotatable bonds is 6. The van der Waals surface area contributed by atoms with Crippen molar-refractivity contribution in [2.75, 3.05) is 12.0 Å². The Bertz CT molecular complexity index is 1300. The lowest BCUT2D eigenvalue weighted by molar-refractivity contribution is -0.274. The zero-order chi connectivity index (χ0) is 22.8. The van der Waals surface area contributed by atoms with Crippen molar-refractivity contribution in [3.8, 4) is 5.75 Å². The molecule has 1 heterocycles. The van der Waals surface area contributed by atoms with Crippen LogP contribution >= 0.6 is 22.9 Å². The molecule has 166 valence electrons. The largest absolute Gasteiger partial charge is 0.573 e. The third-order valence-electron chi connectivity index (χ3n) is 4.05. The number of amides is 1. The van der Waals surface area contributed by atoms with Crippen LogP contribution in [0.3, 0.4) is 0 Å². The van der Waals surface area contributed by atoms with Crippen LogP contribution in [0.1, 0.15) is 16.8 Å². The topological polar surface area (TPSA) is 77.7 Å². The maximum atomic E-state index is 12.6. The first-order valence-electron chi connectivity index (χ1n) is 8.83. The normalized spacial score (nSPS) is 13.0. The lowest BCUT2D eigenvalue weighted by atomic mass is 10.2. The predicted molar refractivity (Wildman–Crippen MR) is 112 cm³/mol. The maximum absolute atomic E-state index is 12.6. The molecule has 0 unspecified atom stereocenters. The van der Waals surface area contributed by atoms with Crippen LogP contribution in [0.5, 0.6) is 5.75 Å². The van der Waals surface area contributed by atoms with Crippen molar-refractivity contribution >= 4 is 48.9 Å². The highest BCUT2D eigenvalue weighted by atomic mass is 35.5. The van der Waals surface area contributed by atoms with Crippen molar-refractivity contribution in [3.05, 3.63) is 57.9 Å². The standard InChI is InChI=1S/C19H16ClF3N2O4S2/c1-31(27,28)9-3-8-25-15-7-6-14(29-19(21,22)23)11-16(15)30-18(25)24-17(26)12-4-2-5-13(20)10-12/h2,4-7,10-11H,3,8-9H2,1H3. The Morgan fingerprint density at radius 3 is 2.61 bits per heavy atom. The molecule has 3 rings (SSSR count). The fourth-order valence-electron chi connectivity index (χ4n) is 2.81. The van der Waals surface area contributed by atoms with E-state index in [1.54, 1.807) is 16.7 Å². The number of carbonyl (C=O) groups is 1. The van der Waals surface area contributed by atoms with Gasteiger partial charge in [-0.2, -0.15) is 4.99 Å². The molecule has 0 bridgehead atoms. The van der Waals surface area contributed by atoms with Crippen LogP contribution < -0.4 is 9.54 Å². The number of benzene rings is 2. The average Bonchev–Trinajstić information content (AvgIpc) is 2.96. The number of hydrogen-bond donors (Lipinski definition) is 0. The molecule has 2 aromatic carbocycles. The first-order chi connectivity index (χ1) is 14.4. The molecule has 0 aliphatic heterocycles. The fourth-order valence-corrected chi connectivity index (χ4v) is 4.74. The van der Waals surface area contributed by atoms with E-state index in [0.29, 0.717) is 15.2 Å². The Kier molecular flexibility index (Phi) is 6.77. The van der Waals surface area contributed by atoms with Gasteiger partial charge in [-0.05, 0) is 42.8 Å². The molecule has 1 amide bonds. The number of fused-ring (bicyclic) bond motifs is 1. The van der Waals surface area contributed by atoms with Crippen molar-refractivity contribution < 1.29 is 31.1 Å². The summed E-state index contributed by atoms with van der Waals surface area (Å²) in [5.41, 5.74) is 0.749. The molecule has 0 N–H and O–H groups in total. The number of halogens is 4. The maximum Gasteiger partial charge on any atom is 0.573 e. The summed E-state index contributed by atoms with van der Waals surface area (Å²) >= 11 is 6.90. The van der Waals surface area contributed by atoms with Gasteiger partial charge in [-0.3, -0.25) is 4.79 Å². The van der Waals surface area contributed by atoms with E-state index in [1.165, 1.54) is 24.3 Å². The Labute approximate surface area is 184 Å². The average molecular weight is 493 g/mol. The molecule has 0 saturated heterocycles. The van der Waals surface area contributed by atoms with Crippen LogP contribution in [-0.4, -0.2) is 37.3 Å². The number of sulfone groups is 1. The van der Waals surface area contributed by atoms with Gasteiger partial charge >= 0.3 is 6.36 Å². The zero-order valence-electron chi connectivity index (χ0n) is 16.0. The summed E-state index contributed by atoms with van der Waals surface area (Å²) < 4.78 is 66.5. The van der Waals surface area contributed by atoms with Crippen molar-refractivity contribution in [3.63, 3.8) is 0 Å². The quantitative estimate of drug-likeness (QED) is 0.510. The summed E-state index contributed by atoms with van der Waals surface area (Å²) in [6, 6.07) is 9.94. The van der Waals surface area contributed by atoms with Crippen LogP contribution in [0.4, 0.5) is 13.2 Å². The highest BCUT2D eigenvalue weighted by Crippen LogP contribution is 2.28. The monoisotopic (exact) mass is 492 g/mol. The molecule has 0 saturated carbocycles. The van der Waals surface area contributed by atoms with E-state index in [9.17, 15) is 26.4 Å². The van der Waals surface area contributed by atoms with Gasteiger partial charge in [0.1, 0.15) is 15.6 Å². The molecule has 6 nitrogen and oxygen atoms in total. The van der Waals surface area contributed by atoms with Gasteiger partial charge in [0, 0.05) is 23.4 Å². The van der Waals surface area contributed by atoms with Gasteiger partial charge in [-0.25, -0.2) is 8.42 Å². The summed E-state index contributed by atoms with van der Waals surface area (Å²) in [7, 11) is -3.21. The van der Waals surface area contributed by atoms with Crippen molar-refractivity contribution in [2.45, 2.75) is 19.3 Å². The number of nitrogens with zero attached hydrogens (tertiary/aromatic N) is 2. The van der Waals surface area contributed by atoms with E-state index in [0.717, 1.165) is 23.7 Å². The summed E-state index contributed by atoms with van der Waals surface area (Å²) in [5.74, 6) is -1.08. The number of alkyl halides is 3. The third-order valence-corrected chi connectivity index (χ3v) is 6.36. The molecular weight excluding hydrogens is 477 g/mol. The minimum Gasteiger partial charge on any atom is -0.406 e. The molecule has 12 heteroatoms. The van der Waals surface area contributed by atoms with Gasteiger partial charge in [0.2, 0.25) is 0 Å². The summed E-state index contributed by atoms with van der Waals surface area (Å²) in [4.78, 5) is 16.9. The number of ether oxygens (including phenoxy) is 1. The van der Waals surface area contributed by atoms with E-state index < -0.39 is 27.9 Å².